The fourth-order valence-electron chi connectivity index (χ4n) is 5.13. The van der Waals surface area contributed by atoms with Crippen molar-refractivity contribution in [3.05, 3.63) is 52.6 Å². The second-order valence-electron chi connectivity index (χ2n) is 10.1. The molecule has 2 aliphatic heterocycles. The van der Waals surface area contributed by atoms with Gasteiger partial charge in [0.25, 0.3) is 11.7 Å². The van der Waals surface area contributed by atoms with E-state index in [9.17, 15) is 14.7 Å². The zero-order valence-electron chi connectivity index (χ0n) is 24.0. The maximum atomic E-state index is 13.5. The number of amides is 1. The van der Waals surface area contributed by atoms with Crippen LogP contribution in [0.1, 0.15) is 36.6 Å². The van der Waals surface area contributed by atoms with Crippen molar-refractivity contribution < 1.29 is 38.4 Å². The van der Waals surface area contributed by atoms with Gasteiger partial charge in [0.15, 0.2) is 11.5 Å². The number of methoxy groups -OCH3 is 3. The van der Waals surface area contributed by atoms with E-state index in [2.05, 4.69) is 4.90 Å². The van der Waals surface area contributed by atoms with Crippen LogP contribution in [0, 0.1) is 6.92 Å². The average Bonchev–Trinajstić information content (AvgIpc) is 3.21. The number of aliphatic hydroxyl groups excluding tert-OH is 1. The summed E-state index contributed by atoms with van der Waals surface area (Å²) in [6.07, 6.45) is -0.0185. The van der Waals surface area contributed by atoms with E-state index in [1.165, 1.54) is 26.2 Å². The molecule has 0 aliphatic carbocycles. The van der Waals surface area contributed by atoms with Gasteiger partial charge in [-0.2, -0.15) is 0 Å². The molecule has 10 heteroatoms. The number of carbonyl (C=O) groups excluding carboxylic acids is 2. The summed E-state index contributed by atoms with van der Waals surface area (Å²) in [7, 11) is 4.50. The number of aryl methyl sites for hydroxylation is 1. The molecule has 40 heavy (non-hydrogen) atoms. The summed E-state index contributed by atoms with van der Waals surface area (Å²) in [5.41, 5.74) is 1.76. The molecular formula is C30H38N2O8. The van der Waals surface area contributed by atoms with Gasteiger partial charge in [0, 0.05) is 31.7 Å². The molecule has 0 saturated carbocycles. The normalized spacial score (nSPS) is 19.3. The highest BCUT2D eigenvalue weighted by atomic mass is 16.5. The van der Waals surface area contributed by atoms with Gasteiger partial charge in [-0.1, -0.05) is 0 Å². The molecule has 1 N–H and O–H groups in total. The molecule has 2 aromatic carbocycles. The van der Waals surface area contributed by atoms with Crippen LogP contribution in [0.3, 0.4) is 0 Å². The van der Waals surface area contributed by atoms with Crippen LogP contribution < -0.4 is 18.9 Å². The molecular weight excluding hydrogens is 516 g/mol. The van der Waals surface area contributed by atoms with Gasteiger partial charge >= 0.3 is 0 Å². The van der Waals surface area contributed by atoms with Crippen LogP contribution in [0.15, 0.2) is 35.9 Å². The Morgan fingerprint density at radius 1 is 0.975 bits per heavy atom. The third kappa shape index (κ3) is 5.88. The lowest BCUT2D eigenvalue weighted by molar-refractivity contribution is -0.140. The van der Waals surface area contributed by atoms with Crippen LogP contribution in [-0.2, 0) is 14.3 Å². The Balaban J connectivity index is 1.83. The van der Waals surface area contributed by atoms with E-state index in [1.807, 2.05) is 20.8 Å². The van der Waals surface area contributed by atoms with Gasteiger partial charge in [0.2, 0.25) is 5.75 Å². The second kappa shape index (κ2) is 12.6. The Bertz CT molecular complexity index is 1260. The smallest absolute Gasteiger partial charge is 0.295 e. The predicted molar refractivity (Wildman–Crippen MR) is 149 cm³/mol. The molecule has 0 radical (unpaired) electrons. The molecule has 0 aromatic heterocycles. The Hall–Kier alpha value is -3.76. The Morgan fingerprint density at radius 2 is 1.62 bits per heavy atom. The first-order valence-corrected chi connectivity index (χ1v) is 13.4. The zero-order valence-corrected chi connectivity index (χ0v) is 24.0. The van der Waals surface area contributed by atoms with Gasteiger partial charge in [-0.05, 0) is 62.2 Å². The van der Waals surface area contributed by atoms with Crippen molar-refractivity contribution in [3.63, 3.8) is 0 Å². The largest absolute Gasteiger partial charge is 0.507 e. The van der Waals surface area contributed by atoms with Crippen molar-refractivity contribution in [2.75, 3.05) is 60.7 Å². The summed E-state index contributed by atoms with van der Waals surface area (Å²) in [6, 6.07) is 7.73. The van der Waals surface area contributed by atoms with E-state index in [0.717, 1.165) is 18.7 Å². The van der Waals surface area contributed by atoms with Crippen LogP contribution in [-0.4, -0.2) is 93.4 Å². The molecule has 0 spiro atoms. The minimum absolute atomic E-state index is 0.00169. The number of carbonyl (C=O) groups is 2. The Kier molecular flexibility index (Phi) is 9.21. The number of likely N-dealkylation sites (tertiary alicyclic amines) is 1. The number of Topliss-reactive ketones (excluding diaryl/α,β-unsaturated/α-hetero) is 1. The third-order valence-electron chi connectivity index (χ3n) is 7.11. The van der Waals surface area contributed by atoms with Gasteiger partial charge in [0.1, 0.15) is 11.5 Å². The third-order valence-corrected chi connectivity index (χ3v) is 7.11. The molecule has 0 unspecified atom stereocenters. The van der Waals surface area contributed by atoms with Crippen molar-refractivity contribution in [1.82, 2.24) is 9.80 Å². The van der Waals surface area contributed by atoms with E-state index < -0.39 is 17.7 Å². The van der Waals surface area contributed by atoms with Crippen molar-refractivity contribution in [3.8, 4) is 23.0 Å². The molecule has 4 rings (SSSR count). The number of benzene rings is 2. The van der Waals surface area contributed by atoms with Gasteiger partial charge in [-0.3, -0.25) is 14.5 Å². The molecule has 1 amide bonds. The lowest BCUT2D eigenvalue weighted by atomic mass is 9.94. The number of ether oxygens (including phenoxy) is 5. The van der Waals surface area contributed by atoms with Crippen molar-refractivity contribution in [2.24, 2.45) is 0 Å². The number of hydrogen-bond donors (Lipinski definition) is 1. The van der Waals surface area contributed by atoms with Gasteiger partial charge < -0.3 is 33.7 Å². The highest BCUT2D eigenvalue weighted by Crippen LogP contribution is 2.45. The maximum absolute atomic E-state index is 13.5. The van der Waals surface area contributed by atoms with Crippen LogP contribution in [0.5, 0.6) is 23.0 Å². The summed E-state index contributed by atoms with van der Waals surface area (Å²) in [5.74, 6) is 0.131. The van der Waals surface area contributed by atoms with Crippen LogP contribution in [0.4, 0.5) is 0 Å². The minimum Gasteiger partial charge on any atom is -0.507 e. The van der Waals surface area contributed by atoms with Crippen LogP contribution in [0.25, 0.3) is 5.76 Å². The van der Waals surface area contributed by atoms with Crippen molar-refractivity contribution in [2.45, 2.75) is 32.9 Å². The zero-order chi connectivity index (χ0) is 29.0. The monoisotopic (exact) mass is 554 g/mol. The summed E-state index contributed by atoms with van der Waals surface area (Å²) >= 11 is 0. The molecule has 10 nitrogen and oxygen atoms in total. The SMILES string of the molecule is COc1cc([C@@H]2C(=C(O)c3ccc(OC(C)C)c(C)c3)C(=O)C(=O)N2CCN2CCOCC2)cc(OC)c1OC. The number of aliphatic hydroxyl groups is 1. The van der Waals surface area contributed by atoms with E-state index in [1.54, 1.807) is 30.3 Å². The fraction of sp³-hybridized carbons (Fsp3) is 0.467. The topological polar surface area (TPSA) is 107 Å². The average molecular weight is 555 g/mol. The highest BCUT2D eigenvalue weighted by molar-refractivity contribution is 6.46. The summed E-state index contributed by atoms with van der Waals surface area (Å²) < 4.78 is 27.9. The molecule has 2 fully saturated rings. The highest BCUT2D eigenvalue weighted by Gasteiger charge is 2.46. The lowest BCUT2D eigenvalue weighted by Crippen LogP contribution is -2.42. The summed E-state index contributed by atoms with van der Waals surface area (Å²) in [5, 5.41) is 11.6. The molecule has 2 aliphatic rings. The van der Waals surface area contributed by atoms with Gasteiger partial charge in [-0.15, -0.1) is 0 Å². The molecule has 2 heterocycles. The maximum Gasteiger partial charge on any atom is 0.295 e. The quantitative estimate of drug-likeness (QED) is 0.268. The number of hydrogen-bond acceptors (Lipinski definition) is 9. The standard InChI is InChI=1S/C30H38N2O8/c1-18(2)40-22-8-7-20(15-19(22)3)27(33)25-26(21-16-23(36-4)29(38-6)24(17-21)37-5)32(30(35)28(25)34)10-9-31-11-13-39-14-12-31/h7-8,15-18,26,33H,9-14H2,1-6H3/t26-/m1/s1. The number of nitrogens with zero attached hydrogens (tertiary/aromatic N) is 2. The number of morpholine rings is 1. The van der Waals surface area contributed by atoms with Crippen LogP contribution in [0.2, 0.25) is 0 Å². The van der Waals surface area contributed by atoms with E-state index in [-0.39, 0.29) is 24.0 Å². The first kappa shape index (κ1) is 29.2. The van der Waals surface area contributed by atoms with Crippen LogP contribution >= 0.6 is 0 Å². The van der Waals surface area contributed by atoms with Gasteiger partial charge in [0.05, 0.1) is 52.3 Å². The first-order chi connectivity index (χ1) is 19.2. The van der Waals surface area contributed by atoms with Crippen molar-refractivity contribution >= 4 is 17.4 Å². The van der Waals surface area contributed by atoms with E-state index in [0.29, 0.717) is 53.9 Å². The second-order valence-corrected chi connectivity index (χ2v) is 10.1. The Morgan fingerprint density at radius 3 is 2.17 bits per heavy atom. The van der Waals surface area contributed by atoms with Gasteiger partial charge in [-0.25, -0.2) is 0 Å². The van der Waals surface area contributed by atoms with E-state index in [4.69, 9.17) is 23.7 Å². The lowest BCUT2D eigenvalue weighted by Gasteiger charge is -2.31. The predicted octanol–water partition coefficient (Wildman–Crippen LogP) is 3.56. The minimum atomic E-state index is -0.873. The first-order valence-electron chi connectivity index (χ1n) is 13.4. The molecule has 2 saturated heterocycles. The fourth-order valence-corrected chi connectivity index (χ4v) is 5.13. The summed E-state index contributed by atoms with van der Waals surface area (Å²) in [6.45, 7) is 9.28. The Labute approximate surface area is 235 Å². The molecule has 1 atom stereocenters. The number of rotatable bonds is 10. The molecule has 2 aromatic rings. The summed E-state index contributed by atoms with van der Waals surface area (Å²) in [4.78, 5) is 30.7. The molecule has 0 bridgehead atoms. The molecule has 216 valence electrons. The number of ketones is 1. The van der Waals surface area contributed by atoms with E-state index >= 15 is 0 Å². The van der Waals surface area contributed by atoms with Crippen molar-refractivity contribution in [1.29, 1.82) is 0 Å².